The number of rotatable bonds is 7. The van der Waals surface area contributed by atoms with Crippen LogP contribution in [-0.4, -0.2) is 81.2 Å². The summed E-state index contributed by atoms with van der Waals surface area (Å²) in [7, 11) is 0. The summed E-state index contributed by atoms with van der Waals surface area (Å²) in [6.07, 6.45) is 7.47. The highest BCUT2D eigenvalue weighted by Crippen LogP contribution is 2.29. The van der Waals surface area contributed by atoms with Crippen molar-refractivity contribution in [2.75, 3.05) is 50.8 Å². The van der Waals surface area contributed by atoms with Crippen LogP contribution >= 0.6 is 0 Å². The van der Waals surface area contributed by atoms with Crippen LogP contribution in [0.3, 0.4) is 0 Å². The van der Waals surface area contributed by atoms with Crippen molar-refractivity contribution in [1.29, 1.82) is 0 Å². The Hall–Kier alpha value is -3.56. The number of hydrogen-bond donors (Lipinski definition) is 3. The molecule has 2 saturated heterocycles. The summed E-state index contributed by atoms with van der Waals surface area (Å²) in [5.41, 5.74) is 9.05. The maximum Gasteiger partial charge on any atom is 0.268 e. The van der Waals surface area contributed by atoms with Gasteiger partial charge in [0.1, 0.15) is 23.5 Å². The number of nitrogens with zero attached hydrogens (tertiary/aromatic N) is 5. The van der Waals surface area contributed by atoms with Gasteiger partial charge in [-0.05, 0) is 48.7 Å². The number of pyridine rings is 1. The molecule has 4 heterocycles. The summed E-state index contributed by atoms with van der Waals surface area (Å²) in [6, 6.07) is 12.9. The first-order chi connectivity index (χ1) is 17.6. The standard InChI is InChI=1S/C27H32FN7O/c28-21-5-1-4-20(18-21)24-7-3-11-35(24)25(29)9-10-26-30-19-23(31-26)22-6-2-8-27(32-22)34-14-12-33(13-15-34)16-17-36/h1-2,4-6,8-10,18-19,24,36H,3,7,11-17H2,(H2,29,30,31,32)/p+1/t24-/m1/s1. The molecule has 0 spiro atoms. The second-order valence-corrected chi connectivity index (χ2v) is 9.28. The zero-order valence-electron chi connectivity index (χ0n) is 20.4. The maximum absolute atomic E-state index is 13.7. The molecule has 2 aliphatic heterocycles. The summed E-state index contributed by atoms with van der Waals surface area (Å²) in [5, 5.41) is 9.15. The lowest BCUT2D eigenvalue weighted by Gasteiger charge is -2.35. The average molecular weight is 491 g/mol. The predicted octanol–water partition coefficient (Wildman–Crippen LogP) is 2.64. The quantitative estimate of drug-likeness (QED) is 0.348. The van der Waals surface area contributed by atoms with Gasteiger partial charge in [0.15, 0.2) is 0 Å². The number of halogens is 1. The Balaban J connectivity index is 1.28. The highest BCUT2D eigenvalue weighted by molar-refractivity contribution is 5.91. The summed E-state index contributed by atoms with van der Waals surface area (Å²) < 4.78 is 15.9. The van der Waals surface area contributed by atoms with E-state index in [9.17, 15) is 4.39 Å². The van der Waals surface area contributed by atoms with Crippen LogP contribution in [0.5, 0.6) is 0 Å². The average Bonchev–Trinajstić information content (AvgIpc) is 3.58. The third-order valence-electron chi connectivity index (χ3n) is 6.95. The minimum atomic E-state index is -0.224. The number of H-pyrrole nitrogens is 1. The van der Waals surface area contributed by atoms with Crippen molar-refractivity contribution in [2.24, 2.45) is 5.73 Å². The molecule has 3 aromatic rings. The van der Waals surface area contributed by atoms with Gasteiger partial charge in [-0.25, -0.2) is 14.4 Å². The number of aliphatic hydroxyl groups excluding tert-OH is 1. The number of β-amino-alcohol motifs (C(OH)–C–C–N with tert-alkyl or cyclic N) is 1. The van der Waals surface area contributed by atoms with Gasteiger partial charge in [0.05, 0.1) is 30.7 Å². The van der Waals surface area contributed by atoms with Crippen LogP contribution in [0.1, 0.15) is 30.3 Å². The molecule has 1 atom stereocenters. The van der Waals surface area contributed by atoms with E-state index in [2.05, 4.69) is 24.3 Å². The SMILES string of the molecule is NC(/C=C\c1ncc(-c2cccc(N3CCN(CCO)CC3)n2)[nH]1)=[N+]1CCC[C@@H]1c1cccc(F)c1. The van der Waals surface area contributed by atoms with E-state index in [0.717, 1.165) is 74.9 Å². The molecule has 0 bridgehead atoms. The molecule has 0 amide bonds. The fraction of sp³-hybridized carbons (Fsp3) is 0.370. The van der Waals surface area contributed by atoms with E-state index in [0.29, 0.717) is 11.7 Å². The van der Waals surface area contributed by atoms with Gasteiger partial charge >= 0.3 is 0 Å². The summed E-state index contributed by atoms with van der Waals surface area (Å²) in [6.45, 7) is 5.36. The van der Waals surface area contributed by atoms with Gasteiger partial charge in [0.2, 0.25) is 0 Å². The molecular weight excluding hydrogens is 457 g/mol. The number of piperazine rings is 1. The largest absolute Gasteiger partial charge is 0.395 e. The zero-order chi connectivity index (χ0) is 24.9. The molecule has 4 N–H and O–H groups in total. The molecule has 9 heteroatoms. The van der Waals surface area contributed by atoms with Crippen molar-refractivity contribution >= 4 is 17.7 Å². The number of aliphatic hydroxyl groups is 1. The van der Waals surface area contributed by atoms with E-state index in [-0.39, 0.29) is 18.5 Å². The van der Waals surface area contributed by atoms with Gasteiger partial charge in [0.25, 0.3) is 5.84 Å². The van der Waals surface area contributed by atoms with Crippen molar-refractivity contribution in [3.8, 4) is 11.4 Å². The molecule has 0 aliphatic carbocycles. The molecular formula is C27H33FN7O+. The second-order valence-electron chi connectivity index (χ2n) is 9.28. The van der Waals surface area contributed by atoms with Crippen molar-refractivity contribution in [3.05, 3.63) is 71.9 Å². The number of benzene rings is 1. The first-order valence-electron chi connectivity index (χ1n) is 12.5. The van der Waals surface area contributed by atoms with Gasteiger partial charge in [0, 0.05) is 38.8 Å². The molecule has 2 aromatic heterocycles. The van der Waals surface area contributed by atoms with E-state index < -0.39 is 0 Å². The number of hydrogen-bond acceptors (Lipinski definition) is 5. The Bertz CT molecular complexity index is 1250. The number of anilines is 1. The molecule has 188 valence electrons. The van der Waals surface area contributed by atoms with E-state index in [1.165, 1.54) is 6.07 Å². The van der Waals surface area contributed by atoms with Gasteiger partial charge in [-0.15, -0.1) is 0 Å². The molecule has 0 radical (unpaired) electrons. The van der Waals surface area contributed by atoms with Crippen LogP contribution in [0.25, 0.3) is 17.5 Å². The van der Waals surface area contributed by atoms with Gasteiger partial charge in [-0.1, -0.05) is 18.2 Å². The fourth-order valence-electron chi connectivity index (χ4n) is 5.04. The van der Waals surface area contributed by atoms with E-state index in [4.69, 9.17) is 15.8 Å². The van der Waals surface area contributed by atoms with Crippen molar-refractivity contribution in [1.82, 2.24) is 19.9 Å². The van der Waals surface area contributed by atoms with E-state index in [1.807, 2.05) is 36.4 Å². The van der Waals surface area contributed by atoms with Crippen molar-refractivity contribution in [2.45, 2.75) is 18.9 Å². The Labute approximate surface area is 210 Å². The Kier molecular flexibility index (Phi) is 7.39. The lowest BCUT2D eigenvalue weighted by atomic mass is 10.1. The minimum absolute atomic E-state index is 0.0787. The number of imidazole rings is 1. The normalized spacial score (nSPS) is 20.4. The van der Waals surface area contributed by atoms with Crippen LogP contribution in [-0.2, 0) is 0 Å². The van der Waals surface area contributed by atoms with Crippen LogP contribution in [0, 0.1) is 5.82 Å². The number of nitrogens with one attached hydrogen (secondary N) is 1. The molecule has 2 aliphatic rings. The highest BCUT2D eigenvalue weighted by atomic mass is 19.1. The number of aromatic amines is 1. The molecule has 36 heavy (non-hydrogen) atoms. The molecule has 8 nitrogen and oxygen atoms in total. The Morgan fingerprint density at radius 2 is 2.03 bits per heavy atom. The lowest BCUT2D eigenvalue weighted by molar-refractivity contribution is -0.550. The van der Waals surface area contributed by atoms with Crippen LogP contribution in [0.2, 0.25) is 0 Å². The molecule has 2 fully saturated rings. The van der Waals surface area contributed by atoms with Gasteiger partial charge in [-0.2, -0.15) is 0 Å². The number of amidine groups is 1. The molecule has 0 saturated carbocycles. The predicted molar refractivity (Wildman–Crippen MR) is 139 cm³/mol. The Morgan fingerprint density at radius 3 is 2.83 bits per heavy atom. The summed E-state index contributed by atoms with van der Waals surface area (Å²) in [5.74, 6) is 2.05. The first kappa shape index (κ1) is 24.1. The van der Waals surface area contributed by atoms with Gasteiger partial charge < -0.3 is 15.0 Å². The topological polar surface area (TPSA) is 97.3 Å². The first-order valence-corrected chi connectivity index (χ1v) is 12.5. The van der Waals surface area contributed by atoms with Crippen LogP contribution in [0.15, 0.2) is 54.7 Å². The third kappa shape index (κ3) is 5.47. The third-order valence-corrected chi connectivity index (χ3v) is 6.95. The second kappa shape index (κ2) is 11.0. The van der Waals surface area contributed by atoms with E-state index >= 15 is 0 Å². The Morgan fingerprint density at radius 1 is 1.19 bits per heavy atom. The zero-order valence-corrected chi connectivity index (χ0v) is 20.4. The minimum Gasteiger partial charge on any atom is -0.395 e. The summed E-state index contributed by atoms with van der Waals surface area (Å²) >= 11 is 0. The van der Waals surface area contributed by atoms with E-state index in [1.54, 1.807) is 18.3 Å². The lowest BCUT2D eigenvalue weighted by Crippen LogP contribution is -2.47. The molecule has 1 aromatic carbocycles. The maximum atomic E-state index is 13.7. The molecule has 5 rings (SSSR count). The molecule has 0 unspecified atom stereocenters. The smallest absolute Gasteiger partial charge is 0.268 e. The van der Waals surface area contributed by atoms with Crippen molar-refractivity contribution < 1.29 is 14.1 Å². The fourth-order valence-corrected chi connectivity index (χ4v) is 5.04. The monoisotopic (exact) mass is 490 g/mol. The van der Waals surface area contributed by atoms with Gasteiger partial charge in [-0.3, -0.25) is 15.2 Å². The number of aromatic nitrogens is 3. The summed E-state index contributed by atoms with van der Waals surface area (Å²) in [4.78, 5) is 17.2. The number of nitrogens with two attached hydrogens (primary N) is 1. The highest BCUT2D eigenvalue weighted by Gasteiger charge is 2.28. The van der Waals surface area contributed by atoms with Crippen LogP contribution < -0.4 is 10.6 Å². The van der Waals surface area contributed by atoms with Crippen molar-refractivity contribution in [3.63, 3.8) is 0 Å². The van der Waals surface area contributed by atoms with Crippen LogP contribution in [0.4, 0.5) is 10.2 Å².